The van der Waals surface area contributed by atoms with Gasteiger partial charge in [0.2, 0.25) is 0 Å². The smallest absolute Gasteiger partial charge is 0.335 e. The monoisotopic (exact) mass is 266 g/mol. The van der Waals surface area contributed by atoms with E-state index in [1.54, 1.807) is 6.92 Å². The van der Waals surface area contributed by atoms with Gasteiger partial charge in [-0.2, -0.15) is 0 Å². The summed E-state index contributed by atoms with van der Waals surface area (Å²) in [5.41, 5.74) is 2.07. The normalized spacial score (nSPS) is 12.2. The maximum absolute atomic E-state index is 11.8. The van der Waals surface area contributed by atoms with Gasteiger partial charge in [0.05, 0.1) is 6.61 Å². The van der Waals surface area contributed by atoms with Crippen LogP contribution in [0.15, 0.2) is 24.3 Å². The van der Waals surface area contributed by atoms with Crippen LogP contribution in [0.5, 0.6) is 0 Å². The van der Waals surface area contributed by atoms with Crippen LogP contribution in [0.25, 0.3) is 0 Å². The Morgan fingerprint density at radius 2 is 2.00 bits per heavy atom. The Morgan fingerprint density at radius 1 is 1.26 bits per heavy atom. The molecular formula is C15H22O4. The number of hydrogen-bond acceptors (Lipinski definition) is 4. The van der Waals surface area contributed by atoms with Crippen molar-refractivity contribution in [3.8, 4) is 0 Å². The SMILES string of the molecule is CCOC(=O)C(Cc1cccc(CCO)c1)OCC. The molecule has 1 rings (SSSR count). The number of aliphatic hydroxyl groups excluding tert-OH is 1. The van der Waals surface area contributed by atoms with Crippen molar-refractivity contribution in [1.29, 1.82) is 0 Å². The highest BCUT2D eigenvalue weighted by molar-refractivity contribution is 5.75. The van der Waals surface area contributed by atoms with Crippen molar-refractivity contribution in [3.63, 3.8) is 0 Å². The zero-order chi connectivity index (χ0) is 14.1. The second kappa shape index (κ2) is 8.67. The molecule has 4 nitrogen and oxygen atoms in total. The average Bonchev–Trinajstić information content (AvgIpc) is 2.39. The number of rotatable bonds is 8. The number of carbonyl (C=O) groups is 1. The molecule has 0 aliphatic rings. The van der Waals surface area contributed by atoms with Crippen LogP contribution in [0, 0.1) is 0 Å². The summed E-state index contributed by atoms with van der Waals surface area (Å²) in [4.78, 5) is 11.8. The maximum Gasteiger partial charge on any atom is 0.335 e. The summed E-state index contributed by atoms with van der Waals surface area (Å²) in [7, 11) is 0. The molecule has 0 aliphatic carbocycles. The largest absolute Gasteiger partial charge is 0.464 e. The van der Waals surface area contributed by atoms with Crippen molar-refractivity contribution in [2.75, 3.05) is 19.8 Å². The zero-order valence-electron chi connectivity index (χ0n) is 11.6. The molecule has 1 unspecified atom stereocenters. The molecule has 0 amide bonds. The van der Waals surface area contributed by atoms with Crippen molar-refractivity contribution < 1.29 is 19.4 Å². The highest BCUT2D eigenvalue weighted by atomic mass is 16.6. The lowest BCUT2D eigenvalue weighted by Gasteiger charge is -2.16. The first-order valence-corrected chi connectivity index (χ1v) is 6.68. The van der Waals surface area contributed by atoms with E-state index in [2.05, 4.69) is 0 Å². The van der Waals surface area contributed by atoms with Gasteiger partial charge in [-0.15, -0.1) is 0 Å². The molecule has 0 aliphatic heterocycles. The molecule has 0 spiro atoms. The number of benzene rings is 1. The molecule has 0 heterocycles. The number of carbonyl (C=O) groups excluding carboxylic acids is 1. The lowest BCUT2D eigenvalue weighted by Crippen LogP contribution is -2.29. The maximum atomic E-state index is 11.8. The number of hydrogen-bond donors (Lipinski definition) is 1. The van der Waals surface area contributed by atoms with Crippen LogP contribution in [0.4, 0.5) is 0 Å². The van der Waals surface area contributed by atoms with Gasteiger partial charge in [-0.25, -0.2) is 4.79 Å². The van der Waals surface area contributed by atoms with E-state index in [4.69, 9.17) is 14.6 Å². The van der Waals surface area contributed by atoms with Gasteiger partial charge in [0.15, 0.2) is 6.10 Å². The fourth-order valence-electron chi connectivity index (χ4n) is 1.90. The van der Waals surface area contributed by atoms with Gasteiger partial charge in [-0.05, 0) is 31.4 Å². The molecule has 0 aromatic heterocycles. The van der Waals surface area contributed by atoms with Crippen molar-refractivity contribution in [2.24, 2.45) is 0 Å². The Kier molecular flexibility index (Phi) is 7.15. The first-order valence-electron chi connectivity index (χ1n) is 6.68. The minimum atomic E-state index is -0.561. The van der Waals surface area contributed by atoms with E-state index in [1.807, 2.05) is 31.2 Å². The average molecular weight is 266 g/mol. The van der Waals surface area contributed by atoms with Crippen molar-refractivity contribution >= 4 is 5.97 Å². The van der Waals surface area contributed by atoms with Crippen LogP contribution >= 0.6 is 0 Å². The molecule has 0 radical (unpaired) electrons. The minimum Gasteiger partial charge on any atom is -0.464 e. The molecular weight excluding hydrogens is 244 g/mol. The van der Waals surface area contributed by atoms with E-state index < -0.39 is 6.10 Å². The van der Waals surface area contributed by atoms with Crippen molar-refractivity contribution in [2.45, 2.75) is 32.8 Å². The van der Waals surface area contributed by atoms with Crippen LogP contribution in [0.3, 0.4) is 0 Å². The molecule has 0 saturated carbocycles. The Bertz CT molecular complexity index is 389. The molecule has 19 heavy (non-hydrogen) atoms. The van der Waals surface area contributed by atoms with Gasteiger partial charge >= 0.3 is 5.97 Å². The summed E-state index contributed by atoms with van der Waals surface area (Å²) in [6.45, 7) is 4.58. The molecule has 0 saturated heterocycles. The minimum absolute atomic E-state index is 0.121. The fourth-order valence-corrected chi connectivity index (χ4v) is 1.90. The van der Waals surface area contributed by atoms with Gasteiger partial charge in [0.25, 0.3) is 0 Å². The van der Waals surface area contributed by atoms with Gasteiger partial charge < -0.3 is 14.6 Å². The number of aliphatic hydroxyl groups is 1. The third-order valence-electron chi connectivity index (χ3n) is 2.73. The fraction of sp³-hybridized carbons (Fsp3) is 0.533. The second-order valence-corrected chi connectivity index (χ2v) is 4.19. The first-order chi connectivity index (χ1) is 9.21. The van der Waals surface area contributed by atoms with Crippen LogP contribution in [-0.2, 0) is 27.1 Å². The summed E-state index contributed by atoms with van der Waals surface area (Å²) in [6.07, 6.45) is 0.549. The molecule has 0 fully saturated rings. The summed E-state index contributed by atoms with van der Waals surface area (Å²) in [5, 5.41) is 8.94. The summed E-state index contributed by atoms with van der Waals surface area (Å²) < 4.78 is 10.4. The molecule has 1 aromatic carbocycles. The van der Waals surface area contributed by atoms with Crippen LogP contribution in [0.1, 0.15) is 25.0 Å². The van der Waals surface area contributed by atoms with E-state index in [0.29, 0.717) is 26.1 Å². The Balaban J connectivity index is 2.72. The molecule has 4 heteroatoms. The summed E-state index contributed by atoms with van der Waals surface area (Å²) in [6, 6.07) is 7.82. The zero-order valence-corrected chi connectivity index (χ0v) is 11.6. The predicted molar refractivity (Wildman–Crippen MR) is 73.0 cm³/mol. The van der Waals surface area contributed by atoms with Crippen LogP contribution in [-0.4, -0.2) is 37.0 Å². The first kappa shape index (κ1) is 15.7. The van der Waals surface area contributed by atoms with Gasteiger partial charge in [0.1, 0.15) is 0 Å². The quantitative estimate of drug-likeness (QED) is 0.728. The molecule has 0 bridgehead atoms. The third-order valence-corrected chi connectivity index (χ3v) is 2.73. The lowest BCUT2D eigenvalue weighted by molar-refractivity contribution is -0.156. The highest BCUT2D eigenvalue weighted by Crippen LogP contribution is 2.11. The Labute approximate surface area is 114 Å². The standard InChI is InChI=1S/C15H22O4/c1-3-18-14(15(17)19-4-2)11-13-7-5-6-12(10-13)8-9-16/h5-7,10,14,16H,3-4,8-9,11H2,1-2H3. The molecule has 1 N–H and O–H groups in total. The van der Waals surface area contributed by atoms with Gasteiger partial charge in [0, 0.05) is 19.6 Å². The molecule has 106 valence electrons. The highest BCUT2D eigenvalue weighted by Gasteiger charge is 2.20. The molecule has 1 atom stereocenters. The molecule has 1 aromatic rings. The summed E-state index contributed by atoms with van der Waals surface area (Å²) in [5.74, 6) is -0.322. The van der Waals surface area contributed by atoms with Crippen molar-refractivity contribution in [3.05, 3.63) is 35.4 Å². The van der Waals surface area contributed by atoms with Gasteiger partial charge in [-0.3, -0.25) is 0 Å². The third kappa shape index (κ3) is 5.41. The van der Waals surface area contributed by atoms with E-state index in [9.17, 15) is 4.79 Å². The number of esters is 1. The van der Waals surface area contributed by atoms with Crippen LogP contribution in [0.2, 0.25) is 0 Å². The summed E-state index contributed by atoms with van der Waals surface area (Å²) >= 11 is 0. The van der Waals surface area contributed by atoms with Crippen LogP contribution < -0.4 is 0 Å². The second-order valence-electron chi connectivity index (χ2n) is 4.19. The lowest BCUT2D eigenvalue weighted by atomic mass is 10.0. The Hall–Kier alpha value is -1.39. The van der Waals surface area contributed by atoms with Gasteiger partial charge in [-0.1, -0.05) is 24.3 Å². The van der Waals surface area contributed by atoms with E-state index in [-0.39, 0.29) is 12.6 Å². The number of ether oxygens (including phenoxy) is 2. The Morgan fingerprint density at radius 3 is 2.63 bits per heavy atom. The van der Waals surface area contributed by atoms with E-state index in [1.165, 1.54) is 0 Å². The van der Waals surface area contributed by atoms with E-state index >= 15 is 0 Å². The van der Waals surface area contributed by atoms with E-state index in [0.717, 1.165) is 11.1 Å². The predicted octanol–water partition coefficient (Wildman–Crippen LogP) is 1.73. The van der Waals surface area contributed by atoms with Crippen molar-refractivity contribution in [1.82, 2.24) is 0 Å². The topological polar surface area (TPSA) is 55.8 Å².